The van der Waals surface area contributed by atoms with Crippen LogP contribution < -0.4 is 14.2 Å². The zero-order valence-electron chi connectivity index (χ0n) is 11.9. The number of carbonyl (C=O) groups excluding carboxylic acids is 1. The number of hydrogen-bond donors (Lipinski definition) is 0. The molecule has 0 amide bonds. The second kappa shape index (κ2) is 6.70. The van der Waals surface area contributed by atoms with Crippen LogP contribution in [0.1, 0.15) is 16.8 Å². The van der Waals surface area contributed by atoms with E-state index in [1.54, 1.807) is 36.4 Å². The van der Waals surface area contributed by atoms with Crippen LogP contribution in [0.3, 0.4) is 0 Å². The van der Waals surface area contributed by atoms with E-state index < -0.39 is 0 Å². The third-order valence-corrected chi connectivity index (χ3v) is 4.23. The van der Waals surface area contributed by atoms with Crippen LogP contribution in [-0.4, -0.2) is 24.7 Å². The lowest BCUT2D eigenvalue weighted by Gasteiger charge is -2.08. The molecule has 1 aliphatic heterocycles. The summed E-state index contributed by atoms with van der Waals surface area (Å²) in [5.74, 6) is 1.42. The molecule has 3 rings (SSSR count). The summed E-state index contributed by atoms with van der Waals surface area (Å²) in [6.07, 6.45) is 2.24. The van der Waals surface area contributed by atoms with E-state index >= 15 is 0 Å². The fourth-order valence-electron chi connectivity index (χ4n) is 2.08. The van der Waals surface area contributed by atoms with Gasteiger partial charge in [-0.25, -0.2) is 0 Å². The Hall–Kier alpha value is -2.21. The highest BCUT2D eigenvalue weighted by Gasteiger charge is 2.15. The number of ketones is 1. The van der Waals surface area contributed by atoms with Gasteiger partial charge in [0, 0.05) is 24.1 Å². The molecule has 0 saturated carbocycles. The largest absolute Gasteiger partial charge is 0.618 e. The summed E-state index contributed by atoms with van der Waals surface area (Å²) >= 11 is 1.22. The molecule has 0 saturated heterocycles. The first kappa shape index (κ1) is 14.7. The highest BCUT2D eigenvalue weighted by Crippen LogP contribution is 2.31. The van der Waals surface area contributed by atoms with Gasteiger partial charge in [-0.1, -0.05) is 0 Å². The molecule has 2 heterocycles. The number of rotatable bonds is 4. The molecule has 0 spiro atoms. The predicted octanol–water partition coefficient (Wildman–Crippen LogP) is 2.46. The summed E-state index contributed by atoms with van der Waals surface area (Å²) in [4.78, 5) is 12.3. The van der Waals surface area contributed by atoms with Crippen molar-refractivity contribution in [3.05, 3.63) is 53.4 Å². The summed E-state index contributed by atoms with van der Waals surface area (Å²) in [7, 11) is 0. The van der Waals surface area contributed by atoms with Gasteiger partial charge in [0.05, 0.1) is 19.0 Å². The van der Waals surface area contributed by atoms with Crippen molar-refractivity contribution < 1.29 is 19.0 Å². The molecule has 0 aliphatic carbocycles. The van der Waals surface area contributed by atoms with E-state index in [1.165, 1.54) is 18.0 Å². The molecule has 0 atom stereocenters. The Kier molecular flexibility index (Phi) is 4.48. The van der Waals surface area contributed by atoms with Gasteiger partial charge >= 0.3 is 0 Å². The Balaban J connectivity index is 1.70. The minimum atomic E-state index is -0.0514. The highest BCUT2D eigenvalue weighted by atomic mass is 32.2. The Morgan fingerprint density at radius 2 is 2.00 bits per heavy atom. The van der Waals surface area contributed by atoms with Gasteiger partial charge in [0.15, 0.2) is 23.5 Å². The fourth-order valence-corrected chi connectivity index (χ4v) is 2.89. The van der Waals surface area contributed by atoms with E-state index in [9.17, 15) is 10.0 Å². The number of ether oxygens (including phenoxy) is 2. The molecule has 2 aromatic rings. The van der Waals surface area contributed by atoms with Crippen molar-refractivity contribution in [1.82, 2.24) is 0 Å². The van der Waals surface area contributed by atoms with Crippen LogP contribution in [0.2, 0.25) is 0 Å². The summed E-state index contributed by atoms with van der Waals surface area (Å²) in [6.45, 7) is 1.20. The number of thioether (sulfide) groups is 1. The molecule has 0 bridgehead atoms. The Labute approximate surface area is 132 Å². The van der Waals surface area contributed by atoms with Gasteiger partial charge in [-0.15, -0.1) is 0 Å². The zero-order chi connectivity index (χ0) is 15.4. The molecule has 22 heavy (non-hydrogen) atoms. The first-order chi connectivity index (χ1) is 10.7. The van der Waals surface area contributed by atoms with Crippen LogP contribution in [0.15, 0.2) is 47.6 Å². The SMILES string of the molecule is O=C(CSc1cccc[n+]1[O-])c1ccc2c(c1)OCCCO2. The van der Waals surface area contributed by atoms with E-state index in [1.807, 2.05) is 0 Å². The van der Waals surface area contributed by atoms with Crippen LogP contribution in [0.4, 0.5) is 0 Å². The van der Waals surface area contributed by atoms with Crippen molar-refractivity contribution in [3.63, 3.8) is 0 Å². The average Bonchev–Trinajstić information content (AvgIpc) is 2.78. The first-order valence-electron chi connectivity index (χ1n) is 6.98. The molecular formula is C16H15NO4S. The Bertz CT molecular complexity index is 690. The van der Waals surface area contributed by atoms with Crippen molar-refractivity contribution >= 4 is 17.5 Å². The van der Waals surface area contributed by atoms with Crippen LogP contribution in [0.25, 0.3) is 0 Å². The van der Waals surface area contributed by atoms with Crippen LogP contribution in [0.5, 0.6) is 11.5 Å². The topological polar surface area (TPSA) is 62.5 Å². The molecule has 114 valence electrons. The van der Waals surface area contributed by atoms with Crippen LogP contribution in [-0.2, 0) is 0 Å². The number of carbonyl (C=O) groups is 1. The minimum Gasteiger partial charge on any atom is -0.618 e. The molecule has 6 heteroatoms. The third kappa shape index (κ3) is 3.33. The number of hydrogen-bond acceptors (Lipinski definition) is 5. The maximum atomic E-state index is 12.3. The van der Waals surface area contributed by atoms with E-state index in [2.05, 4.69) is 0 Å². The van der Waals surface area contributed by atoms with Crippen molar-refractivity contribution in [2.24, 2.45) is 0 Å². The fraction of sp³-hybridized carbons (Fsp3) is 0.250. The molecule has 1 aliphatic rings. The molecular weight excluding hydrogens is 302 g/mol. The molecule has 0 radical (unpaired) electrons. The zero-order valence-corrected chi connectivity index (χ0v) is 12.7. The number of nitrogens with zero attached hydrogens (tertiary/aromatic N) is 1. The predicted molar refractivity (Wildman–Crippen MR) is 82.5 cm³/mol. The minimum absolute atomic E-state index is 0.0514. The lowest BCUT2D eigenvalue weighted by Crippen LogP contribution is -2.28. The van der Waals surface area contributed by atoms with E-state index in [-0.39, 0.29) is 11.5 Å². The normalized spacial score (nSPS) is 13.5. The van der Waals surface area contributed by atoms with E-state index in [0.717, 1.165) is 11.2 Å². The van der Waals surface area contributed by atoms with Gasteiger partial charge in [-0.05, 0) is 36.0 Å². The molecule has 0 fully saturated rings. The highest BCUT2D eigenvalue weighted by molar-refractivity contribution is 7.99. The van der Waals surface area contributed by atoms with E-state index in [4.69, 9.17) is 9.47 Å². The molecule has 5 nitrogen and oxygen atoms in total. The number of Topliss-reactive ketones (excluding diaryl/α,β-unsaturated/α-hetero) is 1. The van der Waals surface area contributed by atoms with Crippen molar-refractivity contribution in [2.45, 2.75) is 11.4 Å². The standard InChI is InChI=1S/C16H15NO4S/c18-13(11-22-16-4-1-2-7-17(16)19)12-5-6-14-15(10-12)21-9-3-8-20-14/h1-2,4-7,10H,3,8-9,11H2. The number of pyridine rings is 1. The second-order valence-electron chi connectivity index (χ2n) is 4.79. The third-order valence-electron chi connectivity index (χ3n) is 3.21. The average molecular weight is 317 g/mol. The van der Waals surface area contributed by atoms with E-state index in [0.29, 0.717) is 35.3 Å². The van der Waals surface area contributed by atoms with Gasteiger partial charge in [0.25, 0.3) is 5.03 Å². The molecule has 0 N–H and O–H groups in total. The number of fused-ring (bicyclic) bond motifs is 1. The van der Waals surface area contributed by atoms with Crippen LogP contribution in [0, 0.1) is 5.21 Å². The Morgan fingerprint density at radius 3 is 2.82 bits per heavy atom. The lowest BCUT2D eigenvalue weighted by atomic mass is 10.1. The molecule has 0 unspecified atom stereocenters. The molecule has 1 aromatic carbocycles. The van der Waals surface area contributed by atoms with Gasteiger partial charge < -0.3 is 14.7 Å². The van der Waals surface area contributed by atoms with Crippen LogP contribution >= 0.6 is 11.8 Å². The summed E-state index contributed by atoms with van der Waals surface area (Å²) in [5, 5.41) is 12.1. The molecule has 1 aromatic heterocycles. The maximum absolute atomic E-state index is 12.3. The quantitative estimate of drug-likeness (QED) is 0.375. The summed E-state index contributed by atoms with van der Waals surface area (Å²) in [6, 6.07) is 10.3. The number of benzene rings is 1. The van der Waals surface area contributed by atoms with Gasteiger partial charge in [-0.2, -0.15) is 4.73 Å². The summed E-state index contributed by atoms with van der Waals surface area (Å²) < 4.78 is 11.9. The first-order valence-corrected chi connectivity index (χ1v) is 7.96. The monoisotopic (exact) mass is 317 g/mol. The Morgan fingerprint density at radius 1 is 1.18 bits per heavy atom. The lowest BCUT2D eigenvalue weighted by molar-refractivity contribution is -0.645. The van der Waals surface area contributed by atoms with Crippen molar-refractivity contribution in [3.8, 4) is 11.5 Å². The van der Waals surface area contributed by atoms with Crippen molar-refractivity contribution in [1.29, 1.82) is 0 Å². The second-order valence-corrected chi connectivity index (χ2v) is 5.78. The van der Waals surface area contributed by atoms with Gasteiger partial charge in [-0.3, -0.25) is 4.79 Å². The number of aromatic nitrogens is 1. The van der Waals surface area contributed by atoms with Gasteiger partial charge in [0.2, 0.25) is 0 Å². The van der Waals surface area contributed by atoms with Gasteiger partial charge in [0.1, 0.15) is 0 Å². The smallest absolute Gasteiger partial charge is 0.251 e. The maximum Gasteiger partial charge on any atom is 0.251 e. The summed E-state index contributed by atoms with van der Waals surface area (Å²) in [5.41, 5.74) is 0.560. The van der Waals surface area contributed by atoms with Crippen molar-refractivity contribution in [2.75, 3.05) is 19.0 Å².